The standard InChI is InChI=1S/C22H25F2N3O2.C16H16F2N4.ClH/c1-12(2)19-15(9-18(28)29-22(4,5)6)11-25-27-20(13(3)26-21(19)27)14-7-16(23)10-17(24)8-14;1-8(2)14-13(19)7-20-22-15(9(3)21-16(14)22)10-4-11(17)6-12(18)5-10;/h7-8,10-12H,9H2,1-6H3;4-8H,19H2,1-3H3;1H. The van der Waals surface area contributed by atoms with Gasteiger partial charge in [0.25, 0.3) is 0 Å². The fourth-order valence-corrected chi connectivity index (χ4v) is 6.21. The van der Waals surface area contributed by atoms with Crippen molar-refractivity contribution in [1.29, 1.82) is 0 Å². The molecular formula is C38H42ClF4N7O2. The summed E-state index contributed by atoms with van der Waals surface area (Å²) in [6.45, 7) is 17.0. The number of fused-ring (bicyclic) bond motifs is 2. The van der Waals surface area contributed by atoms with Gasteiger partial charge in [0.2, 0.25) is 0 Å². The minimum Gasteiger partial charge on any atom is -0.460 e. The SMILES string of the molecule is Cc1nc2c(C(C)C)c(CC(=O)OC(C)(C)C)cnn2c1-c1cc(F)cc(F)c1.Cc1nc2c(C(C)C)c(N)cnn2c1-c1cc(F)cc(F)c1.Cl. The van der Waals surface area contributed by atoms with E-state index in [0.717, 1.165) is 28.8 Å². The summed E-state index contributed by atoms with van der Waals surface area (Å²) in [5.41, 5.74) is 12.7. The molecule has 6 rings (SSSR count). The number of aryl methyl sites for hydroxylation is 2. The van der Waals surface area contributed by atoms with E-state index in [-0.39, 0.29) is 36.6 Å². The Hall–Kier alpha value is -5.04. The highest BCUT2D eigenvalue weighted by atomic mass is 35.5. The number of nitrogen functional groups attached to an aromatic ring is 1. The first kappa shape index (κ1) is 39.7. The summed E-state index contributed by atoms with van der Waals surface area (Å²) in [4.78, 5) is 21.5. The first-order valence-electron chi connectivity index (χ1n) is 16.5. The quantitative estimate of drug-likeness (QED) is 0.134. The lowest BCUT2D eigenvalue weighted by molar-refractivity contribution is -0.153. The van der Waals surface area contributed by atoms with Crippen LogP contribution in [0.25, 0.3) is 33.8 Å². The van der Waals surface area contributed by atoms with Crippen molar-refractivity contribution in [2.75, 3.05) is 5.73 Å². The van der Waals surface area contributed by atoms with E-state index in [1.807, 2.05) is 48.5 Å². The van der Waals surface area contributed by atoms with E-state index in [2.05, 4.69) is 20.2 Å². The van der Waals surface area contributed by atoms with Crippen molar-refractivity contribution in [3.8, 4) is 22.5 Å². The van der Waals surface area contributed by atoms with Crippen LogP contribution in [0.2, 0.25) is 0 Å². The summed E-state index contributed by atoms with van der Waals surface area (Å²) in [5.74, 6) is -2.74. The molecule has 2 aromatic carbocycles. The number of halogens is 5. The summed E-state index contributed by atoms with van der Waals surface area (Å²) in [6, 6.07) is 6.72. The molecule has 9 nitrogen and oxygen atoms in total. The van der Waals surface area contributed by atoms with Crippen molar-refractivity contribution in [2.24, 2.45) is 0 Å². The van der Waals surface area contributed by atoms with Crippen molar-refractivity contribution < 1.29 is 27.1 Å². The van der Waals surface area contributed by atoms with Crippen LogP contribution in [-0.2, 0) is 16.0 Å². The molecule has 0 saturated heterocycles. The molecule has 0 aliphatic heterocycles. The van der Waals surface area contributed by atoms with Gasteiger partial charge in [-0.3, -0.25) is 4.79 Å². The maximum absolute atomic E-state index is 13.8. The fraction of sp³-hybridized carbons (Fsp3) is 0.342. The molecule has 2 N–H and O–H groups in total. The third kappa shape index (κ3) is 8.36. The van der Waals surface area contributed by atoms with E-state index < -0.39 is 28.9 Å². The molecule has 0 aliphatic rings. The molecule has 4 heterocycles. The Morgan fingerprint density at radius 3 is 1.54 bits per heavy atom. The smallest absolute Gasteiger partial charge is 0.310 e. The van der Waals surface area contributed by atoms with Crippen LogP contribution in [-0.4, -0.2) is 40.8 Å². The molecule has 14 heteroatoms. The maximum atomic E-state index is 13.8. The Morgan fingerprint density at radius 2 is 1.13 bits per heavy atom. The molecule has 0 spiro atoms. The molecule has 0 amide bonds. The summed E-state index contributed by atoms with van der Waals surface area (Å²) in [6.07, 6.45) is 3.22. The van der Waals surface area contributed by atoms with E-state index >= 15 is 0 Å². The van der Waals surface area contributed by atoms with Crippen molar-refractivity contribution in [3.63, 3.8) is 0 Å². The van der Waals surface area contributed by atoms with Gasteiger partial charge in [0.05, 0.1) is 47.3 Å². The highest BCUT2D eigenvalue weighted by Gasteiger charge is 2.24. The normalized spacial score (nSPS) is 11.6. The Morgan fingerprint density at radius 1 is 0.731 bits per heavy atom. The summed E-state index contributed by atoms with van der Waals surface area (Å²) in [7, 11) is 0. The molecule has 4 aromatic heterocycles. The lowest BCUT2D eigenvalue weighted by Gasteiger charge is -2.20. The van der Waals surface area contributed by atoms with Gasteiger partial charge in [-0.25, -0.2) is 36.6 Å². The van der Waals surface area contributed by atoms with Crippen LogP contribution < -0.4 is 5.73 Å². The lowest BCUT2D eigenvalue weighted by Crippen LogP contribution is -2.25. The molecule has 0 atom stereocenters. The Labute approximate surface area is 305 Å². The lowest BCUT2D eigenvalue weighted by atomic mass is 9.98. The number of ether oxygens (including phenoxy) is 1. The van der Waals surface area contributed by atoms with Gasteiger partial charge in [-0.1, -0.05) is 27.7 Å². The van der Waals surface area contributed by atoms with Gasteiger partial charge in [-0.15, -0.1) is 12.4 Å². The van der Waals surface area contributed by atoms with E-state index in [4.69, 9.17) is 10.5 Å². The third-order valence-electron chi connectivity index (χ3n) is 8.02. The molecule has 0 unspecified atom stereocenters. The monoisotopic (exact) mass is 739 g/mol. The number of carbonyl (C=O) groups excluding carboxylic acids is 1. The summed E-state index contributed by atoms with van der Waals surface area (Å²) in [5, 5.41) is 8.70. The predicted octanol–water partition coefficient (Wildman–Crippen LogP) is 9.10. The average Bonchev–Trinajstić information content (AvgIpc) is 3.49. The molecule has 276 valence electrons. The zero-order valence-electron chi connectivity index (χ0n) is 30.5. The van der Waals surface area contributed by atoms with Crippen molar-refractivity contribution in [1.82, 2.24) is 29.2 Å². The van der Waals surface area contributed by atoms with Crippen LogP contribution in [0.15, 0.2) is 48.8 Å². The average molecular weight is 740 g/mol. The van der Waals surface area contributed by atoms with Crippen molar-refractivity contribution >= 4 is 35.4 Å². The number of carbonyl (C=O) groups is 1. The minimum absolute atomic E-state index is 0. The van der Waals surface area contributed by atoms with Crippen LogP contribution in [0.1, 0.15) is 88.4 Å². The number of anilines is 1. The van der Waals surface area contributed by atoms with E-state index in [0.29, 0.717) is 50.9 Å². The molecule has 0 saturated carbocycles. The molecule has 0 bridgehead atoms. The van der Waals surface area contributed by atoms with Gasteiger partial charge < -0.3 is 10.5 Å². The summed E-state index contributed by atoms with van der Waals surface area (Å²) < 4.78 is 63.2. The molecule has 52 heavy (non-hydrogen) atoms. The second-order valence-corrected chi connectivity index (χ2v) is 14.0. The van der Waals surface area contributed by atoms with Gasteiger partial charge in [0, 0.05) is 34.4 Å². The number of hydrogen-bond acceptors (Lipinski definition) is 7. The van der Waals surface area contributed by atoms with Gasteiger partial charge in [0.15, 0.2) is 11.3 Å². The van der Waals surface area contributed by atoms with Crippen LogP contribution in [0.4, 0.5) is 23.2 Å². The molecule has 6 aromatic rings. The molecule has 0 radical (unpaired) electrons. The minimum atomic E-state index is -0.667. The van der Waals surface area contributed by atoms with Crippen LogP contribution in [0.5, 0.6) is 0 Å². The Bertz CT molecular complexity index is 2240. The third-order valence-corrected chi connectivity index (χ3v) is 8.02. The van der Waals surface area contributed by atoms with Crippen LogP contribution in [0, 0.1) is 37.1 Å². The number of esters is 1. The van der Waals surface area contributed by atoms with E-state index in [1.165, 1.54) is 24.3 Å². The Kier molecular flexibility index (Phi) is 11.7. The summed E-state index contributed by atoms with van der Waals surface area (Å²) >= 11 is 0. The van der Waals surface area contributed by atoms with Gasteiger partial charge in [-0.2, -0.15) is 10.2 Å². The number of rotatable bonds is 6. The van der Waals surface area contributed by atoms with Crippen molar-refractivity contribution in [3.05, 3.63) is 100 Å². The number of imidazole rings is 2. The zero-order chi connectivity index (χ0) is 37.5. The van der Waals surface area contributed by atoms with Gasteiger partial charge in [-0.05, 0) is 76.3 Å². The number of aromatic nitrogens is 6. The van der Waals surface area contributed by atoms with Crippen LogP contribution in [0.3, 0.4) is 0 Å². The molecular weight excluding hydrogens is 698 g/mol. The van der Waals surface area contributed by atoms with Crippen LogP contribution >= 0.6 is 12.4 Å². The fourth-order valence-electron chi connectivity index (χ4n) is 6.21. The highest BCUT2D eigenvalue weighted by molar-refractivity contribution is 5.85. The molecule has 0 fully saturated rings. The second-order valence-electron chi connectivity index (χ2n) is 14.0. The Balaban J connectivity index is 0.000000236. The number of nitrogens with zero attached hydrogens (tertiary/aromatic N) is 6. The molecule has 0 aliphatic carbocycles. The topological polar surface area (TPSA) is 113 Å². The van der Waals surface area contributed by atoms with E-state index in [9.17, 15) is 22.4 Å². The van der Waals surface area contributed by atoms with Gasteiger partial charge in [0.1, 0.15) is 28.9 Å². The number of benzene rings is 2. The first-order valence-corrected chi connectivity index (χ1v) is 16.5. The second kappa shape index (κ2) is 15.3. The largest absolute Gasteiger partial charge is 0.460 e. The number of nitrogens with two attached hydrogens (primary N) is 1. The highest BCUT2D eigenvalue weighted by Crippen LogP contribution is 2.33. The predicted molar refractivity (Wildman–Crippen MR) is 196 cm³/mol. The van der Waals surface area contributed by atoms with Gasteiger partial charge >= 0.3 is 5.97 Å². The van der Waals surface area contributed by atoms with E-state index in [1.54, 1.807) is 35.3 Å². The first-order chi connectivity index (χ1) is 23.8. The van der Waals surface area contributed by atoms with Crippen molar-refractivity contribution in [2.45, 2.75) is 86.2 Å². The zero-order valence-corrected chi connectivity index (χ0v) is 31.3. The number of hydrogen-bond donors (Lipinski definition) is 1. The maximum Gasteiger partial charge on any atom is 0.310 e.